The highest BCUT2D eigenvalue weighted by Gasteiger charge is 2.22. The highest BCUT2D eigenvalue weighted by atomic mass is 16.6. The fourth-order valence-electron chi connectivity index (χ4n) is 2.44. The van der Waals surface area contributed by atoms with Crippen LogP contribution < -0.4 is 4.74 Å². The first kappa shape index (κ1) is 16.0. The second kappa shape index (κ2) is 7.59. The van der Waals surface area contributed by atoms with Gasteiger partial charge in [-0.1, -0.05) is 42.5 Å². The number of benzene rings is 2. The molecule has 1 aliphatic heterocycles. The summed E-state index contributed by atoms with van der Waals surface area (Å²) in [6.45, 7) is 2.57. The van der Waals surface area contributed by atoms with Crippen LogP contribution in [0.4, 0.5) is 0 Å². The number of aryl methyl sites for hydroxylation is 1. The molecule has 4 heteroatoms. The van der Waals surface area contributed by atoms with Crippen molar-refractivity contribution in [2.24, 2.45) is 4.99 Å². The van der Waals surface area contributed by atoms with Crippen molar-refractivity contribution in [2.75, 3.05) is 6.61 Å². The molecule has 0 saturated heterocycles. The molecule has 0 spiro atoms. The normalized spacial score (nSPS) is 15.3. The molecule has 2 aromatic carbocycles. The summed E-state index contributed by atoms with van der Waals surface area (Å²) in [5, 5.41) is 0. The predicted molar refractivity (Wildman–Crippen MR) is 93.9 cm³/mol. The Morgan fingerprint density at radius 2 is 1.79 bits per heavy atom. The van der Waals surface area contributed by atoms with Crippen LogP contribution >= 0.6 is 0 Å². The van der Waals surface area contributed by atoms with E-state index in [0.717, 1.165) is 17.7 Å². The summed E-state index contributed by atoms with van der Waals surface area (Å²) in [7, 11) is 0. The lowest BCUT2D eigenvalue weighted by Crippen LogP contribution is -2.05. The van der Waals surface area contributed by atoms with Gasteiger partial charge in [-0.2, -0.15) is 0 Å². The summed E-state index contributed by atoms with van der Waals surface area (Å²) < 4.78 is 10.7. The minimum Gasteiger partial charge on any atom is -0.494 e. The molecule has 0 atom stereocenters. The molecule has 0 amide bonds. The van der Waals surface area contributed by atoms with Gasteiger partial charge >= 0.3 is 5.97 Å². The molecule has 4 nitrogen and oxygen atoms in total. The Balaban J connectivity index is 1.66. The molecule has 0 saturated carbocycles. The third-order valence-electron chi connectivity index (χ3n) is 3.63. The van der Waals surface area contributed by atoms with Gasteiger partial charge in [0, 0.05) is 6.42 Å². The van der Waals surface area contributed by atoms with E-state index in [4.69, 9.17) is 9.47 Å². The monoisotopic (exact) mass is 321 g/mol. The molecule has 0 fully saturated rings. The van der Waals surface area contributed by atoms with Gasteiger partial charge in [0.25, 0.3) is 0 Å². The zero-order valence-electron chi connectivity index (χ0n) is 13.6. The largest absolute Gasteiger partial charge is 0.494 e. The van der Waals surface area contributed by atoms with Crippen LogP contribution in [0.25, 0.3) is 6.08 Å². The minimum atomic E-state index is -0.396. The third-order valence-corrected chi connectivity index (χ3v) is 3.63. The fraction of sp³-hybridized carbons (Fsp3) is 0.200. The van der Waals surface area contributed by atoms with E-state index in [0.29, 0.717) is 24.6 Å². The molecule has 1 aliphatic rings. The van der Waals surface area contributed by atoms with Crippen LogP contribution in [0.15, 0.2) is 65.3 Å². The van der Waals surface area contributed by atoms with E-state index in [1.807, 2.05) is 61.5 Å². The van der Waals surface area contributed by atoms with Crippen molar-refractivity contribution in [2.45, 2.75) is 19.8 Å². The van der Waals surface area contributed by atoms with Gasteiger partial charge in [0.1, 0.15) is 5.75 Å². The number of esters is 1. The predicted octanol–water partition coefficient (Wildman–Crippen LogP) is 4.01. The third kappa shape index (κ3) is 4.10. The summed E-state index contributed by atoms with van der Waals surface area (Å²) in [5.74, 6) is 0.883. The van der Waals surface area contributed by atoms with E-state index in [1.165, 1.54) is 5.56 Å². The standard InChI is InChI=1S/C20H19NO3/c1-2-23-17-11-8-16(9-12-17)14-18-20(22)24-19(21-18)13-10-15-6-4-3-5-7-15/h3-9,11-12,14H,2,10,13H2,1H3/b18-14+. The number of rotatable bonds is 6. The lowest BCUT2D eigenvalue weighted by atomic mass is 10.1. The van der Waals surface area contributed by atoms with Crippen molar-refractivity contribution in [3.63, 3.8) is 0 Å². The molecule has 2 aromatic rings. The molecule has 122 valence electrons. The Kier molecular flexibility index (Phi) is 5.06. The topological polar surface area (TPSA) is 47.9 Å². The van der Waals surface area contributed by atoms with E-state index in [9.17, 15) is 4.79 Å². The van der Waals surface area contributed by atoms with Gasteiger partial charge in [-0.15, -0.1) is 0 Å². The number of aliphatic imine (C=N–C) groups is 1. The fourth-order valence-corrected chi connectivity index (χ4v) is 2.44. The maximum atomic E-state index is 11.9. The van der Waals surface area contributed by atoms with E-state index < -0.39 is 5.97 Å². The lowest BCUT2D eigenvalue weighted by Gasteiger charge is -2.02. The van der Waals surface area contributed by atoms with Gasteiger partial charge in [0.2, 0.25) is 0 Å². The zero-order valence-corrected chi connectivity index (χ0v) is 13.6. The Bertz CT molecular complexity index is 761. The Labute approximate surface area is 141 Å². The maximum absolute atomic E-state index is 11.9. The van der Waals surface area contributed by atoms with Crippen LogP contribution in [0.5, 0.6) is 5.75 Å². The van der Waals surface area contributed by atoms with Crippen LogP contribution in [0, 0.1) is 0 Å². The Morgan fingerprint density at radius 3 is 2.50 bits per heavy atom. The van der Waals surface area contributed by atoms with E-state index in [2.05, 4.69) is 4.99 Å². The van der Waals surface area contributed by atoms with Gasteiger partial charge in [-0.05, 0) is 42.7 Å². The molecule has 24 heavy (non-hydrogen) atoms. The van der Waals surface area contributed by atoms with Crippen molar-refractivity contribution in [1.29, 1.82) is 0 Å². The number of carbonyl (C=O) groups excluding carboxylic acids is 1. The second-order valence-corrected chi connectivity index (χ2v) is 5.41. The number of hydrogen-bond donors (Lipinski definition) is 0. The SMILES string of the molecule is CCOc1ccc(/C=C2/N=C(CCc3ccccc3)OC2=O)cc1. The van der Waals surface area contributed by atoms with Crippen molar-refractivity contribution in [1.82, 2.24) is 0 Å². The van der Waals surface area contributed by atoms with Crippen molar-refractivity contribution >= 4 is 17.9 Å². The lowest BCUT2D eigenvalue weighted by molar-refractivity contribution is -0.130. The summed E-state index contributed by atoms with van der Waals surface area (Å²) >= 11 is 0. The summed E-state index contributed by atoms with van der Waals surface area (Å²) in [4.78, 5) is 16.3. The zero-order chi connectivity index (χ0) is 16.8. The van der Waals surface area contributed by atoms with Crippen molar-refractivity contribution in [3.8, 4) is 5.75 Å². The van der Waals surface area contributed by atoms with Crippen molar-refractivity contribution < 1.29 is 14.3 Å². The summed E-state index contributed by atoms with van der Waals surface area (Å²) in [6.07, 6.45) is 3.13. The first-order chi connectivity index (χ1) is 11.7. The first-order valence-corrected chi connectivity index (χ1v) is 8.03. The van der Waals surface area contributed by atoms with Gasteiger partial charge in [0.05, 0.1) is 6.61 Å². The molecular weight excluding hydrogens is 302 g/mol. The Hall–Kier alpha value is -2.88. The van der Waals surface area contributed by atoms with E-state index in [1.54, 1.807) is 6.08 Å². The average Bonchev–Trinajstić information content (AvgIpc) is 2.96. The number of ether oxygens (including phenoxy) is 2. The number of nitrogens with zero attached hydrogens (tertiary/aromatic N) is 1. The molecule has 0 aromatic heterocycles. The van der Waals surface area contributed by atoms with E-state index >= 15 is 0 Å². The molecule has 3 rings (SSSR count). The second-order valence-electron chi connectivity index (χ2n) is 5.41. The van der Waals surface area contributed by atoms with Gasteiger partial charge in [-0.3, -0.25) is 0 Å². The minimum absolute atomic E-state index is 0.335. The highest BCUT2D eigenvalue weighted by molar-refractivity contribution is 6.07. The van der Waals surface area contributed by atoms with Crippen LogP contribution in [0.3, 0.4) is 0 Å². The Morgan fingerprint density at radius 1 is 1.04 bits per heavy atom. The molecule has 0 unspecified atom stereocenters. The smallest absolute Gasteiger partial charge is 0.363 e. The number of hydrogen-bond acceptors (Lipinski definition) is 4. The van der Waals surface area contributed by atoms with Crippen LogP contribution in [-0.4, -0.2) is 18.5 Å². The van der Waals surface area contributed by atoms with Crippen LogP contribution in [0.1, 0.15) is 24.5 Å². The van der Waals surface area contributed by atoms with Crippen LogP contribution in [0.2, 0.25) is 0 Å². The van der Waals surface area contributed by atoms with Gasteiger partial charge in [0.15, 0.2) is 11.6 Å². The molecule has 0 radical (unpaired) electrons. The van der Waals surface area contributed by atoms with E-state index in [-0.39, 0.29) is 0 Å². The average molecular weight is 321 g/mol. The van der Waals surface area contributed by atoms with Crippen LogP contribution in [-0.2, 0) is 16.0 Å². The summed E-state index contributed by atoms with van der Waals surface area (Å²) in [5.41, 5.74) is 2.42. The highest BCUT2D eigenvalue weighted by Crippen LogP contribution is 2.19. The first-order valence-electron chi connectivity index (χ1n) is 8.03. The van der Waals surface area contributed by atoms with Gasteiger partial charge in [-0.25, -0.2) is 9.79 Å². The molecule has 1 heterocycles. The molecular formula is C20H19NO3. The molecule has 0 N–H and O–H groups in total. The van der Waals surface area contributed by atoms with Crippen molar-refractivity contribution in [3.05, 3.63) is 71.4 Å². The maximum Gasteiger partial charge on any atom is 0.363 e. The quantitative estimate of drug-likeness (QED) is 0.596. The molecule has 0 bridgehead atoms. The number of carbonyl (C=O) groups is 1. The molecule has 0 aliphatic carbocycles. The van der Waals surface area contributed by atoms with Gasteiger partial charge < -0.3 is 9.47 Å². The summed E-state index contributed by atoms with van der Waals surface area (Å²) in [6, 6.07) is 17.6. The number of cyclic esters (lactones) is 1.